The Labute approximate surface area is 158 Å². The summed E-state index contributed by atoms with van der Waals surface area (Å²) in [4.78, 5) is -3.23. The molecule has 0 saturated carbocycles. The van der Waals surface area contributed by atoms with E-state index in [2.05, 4.69) is 0 Å². The van der Waals surface area contributed by atoms with Gasteiger partial charge in [0.15, 0.2) is 0 Å². The highest BCUT2D eigenvalue weighted by atomic mass is 32.3. The Bertz CT molecular complexity index is 1120. The monoisotopic (exact) mass is 469 g/mol. The van der Waals surface area contributed by atoms with Gasteiger partial charge in [-0.15, -0.1) is 4.13 Å². The summed E-state index contributed by atoms with van der Waals surface area (Å²) in [6.45, 7) is 0. The van der Waals surface area contributed by atoms with Gasteiger partial charge in [-0.2, -0.15) is 26.3 Å². The maximum Gasteiger partial charge on any atom is 0.416 e. The molecule has 0 aliphatic carbocycles. The maximum absolute atomic E-state index is 13.6. The normalized spacial score (nSPS) is 13.5. The molecule has 0 bridgehead atoms. The van der Waals surface area contributed by atoms with Crippen molar-refractivity contribution in [1.29, 1.82) is 0 Å². The highest BCUT2D eigenvalue weighted by Gasteiger charge is 2.39. The van der Waals surface area contributed by atoms with Gasteiger partial charge in [-0.25, -0.2) is 25.6 Å². The number of sulfonamides is 2. The fourth-order valence-corrected chi connectivity index (χ4v) is 5.06. The summed E-state index contributed by atoms with van der Waals surface area (Å²) in [5, 5.41) is 0. The molecule has 0 aromatic heterocycles. The molecule has 2 aromatic rings. The Balaban J connectivity index is 2.62. The molecule has 0 atom stereocenters. The lowest BCUT2D eigenvalue weighted by atomic mass is 10.1. The number of halogens is 8. The number of hydrogen-bond acceptors (Lipinski definition) is 4. The molecule has 0 radical (unpaired) electrons. The number of hydrogen-bond donors (Lipinski definition) is 1. The Hall–Kier alpha value is -2.26. The van der Waals surface area contributed by atoms with Gasteiger partial charge in [-0.3, -0.25) is 0 Å². The van der Waals surface area contributed by atoms with Crippen molar-refractivity contribution in [2.45, 2.75) is 22.1 Å². The molecule has 15 heteroatoms. The smallest absolute Gasteiger partial charge is 0.207 e. The van der Waals surface area contributed by atoms with Crippen molar-refractivity contribution in [1.82, 2.24) is 4.13 Å². The molecule has 2 aromatic carbocycles. The fourth-order valence-electron chi connectivity index (χ4n) is 2.00. The van der Waals surface area contributed by atoms with E-state index in [9.17, 15) is 52.0 Å². The van der Waals surface area contributed by atoms with Crippen molar-refractivity contribution in [2.24, 2.45) is 0 Å². The number of nitrogens with one attached hydrogen (secondary N) is 1. The first kappa shape index (κ1) is 23.0. The van der Waals surface area contributed by atoms with E-state index in [1.807, 2.05) is 0 Å². The average Bonchev–Trinajstić information content (AvgIpc) is 2.54. The predicted molar refractivity (Wildman–Crippen MR) is 80.3 cm³/mol. The second-order valence-corrected chi connectivity index (χ2v) is 9.00. The minimum atomic E-state index is -5.59. The van der Waals surface area contributed by atoms with E-state index in [1.54, 1.807) is 0 Å². The molecule has 0 amide bonds. The summed E-state index contributed by atoms with van der Waals surface area (Å²) in [7, 11) is -11.0. The molecule has 0 spiro atoms. The Kier molecular flexibility index (Phi) is 5.73. The van der Waals surface area contributed by atoms with Gasteiger partial charge < -0.3 is 0 Å². The Morgan fingerprint density at radius 2 is 1.17 bits per heavy atom. The summed E-state index contributed by atoms with van der Waals surface area (Å²) < 4.78 is 153. The first-order chi connectivity index (χ1) is 12.9. The molecule has 0 unspecified atom stereocenters. The van der Waals surface area contributed by atoms with Gasteiger partial charge in [0.1, 0.15) is 16.5 Å². The molecule has 1 N–H and O–H groups in total. The first-order valence-corrected chi connectivity index (χ1v) is 9.93. The topological polar surface area (TPSA) is 80.3 Å². The van der Waals surface area contributed by atoms with Gasteiger partial charge in [-0.05, 0) is 36.4 Å². The van der Waals surface area contributed by atoms with Crippen LogP contribution < -0.4 is 4.13 Å². The van der Waals surface area contributed by atoms with Crippen LogP contribution in [0.25, 0.3) is 0 Å². The van der Waals surface area contributed by atoms with Crippen LogP contribution in [0.5, 0.6) is 0 Å². The van der Waals surface area contributed by atoms with Gasteiger partial charge in [0.2, 0.25) is 0 Å². The van der Waals surface area contributed by atoms with Crippen LogP contribution in [-0.4, -0.2) is 16.8 Å². The second-order valence-electron chi connectivity index (χ2n) is 5.41. The zero-order chi connectivity index (χ0) is 22.4. The summed E-state index contributed by atoms with van der Waals surface area (Å²) in [6.07, 6.45) is -10.8. The highest BCUT2D eigenvalue weighted by Crippen LogP contribution is 2.37. The van der Waals surface area contributed by atoms with Crippen LogP contribution in [0.2, 0.25) is 0 Å². The fraction of sp³-hybridized carbons (Fsp3) is 0.143. The van der Waals surface area contributed by atoms with E-state index in [-0.39, 0.29) is 24.3 Å². The van der Waals surface area contributed by atoms with Crippen LogP contribution in [0.1, 0.15) is 11.1 Å². The van der Waals surface area contributed by atoms with Crippen LogP contribution >= 0.6 is 0 Å². The zero-order valence-corrected chi connectivity index (χ0v) is 15.1. The third-order valence-electron chi connectivity index (χ3n) is 3.27. The lowest BCUT2D eigenvalue weighted by molar-refractivity contribution is -0.143. The predicted octanol–water partition coefficient (Wildman–Crippen LogP) is 3.67. The van der Waals surface area contributed by atoms with E-state index in [4.69, 9.17) is 0 Å². The van der Waals surface area contributed by atoms with Crippen molar-refractivity contribution in [3.63, 3.8) is 0 Å². The van der Waals surface area contributed by atoms with Crippen molar-refractivity contribution >= 4 is 20.0 Å². The molecular formula is C14H7F8NO4S2. The Morgan fingerprint density at radius 1 is 0.690 bits per heavy atom. The van der Waals surface area contributed by atoms with E-state index in [0.717, 1.165) is 4.13 Å². The van der Waals surface area contributed by atoms with Gasteiger partial charge in [0.05, 0.1) is 16.0 Å². The standard InChI is InChI=1S/C14H7F8NO4S2/c15-9-1-2-11(16)12(6-9)29(26,27)23-28(24,25)10-4-7(13(17,18)19)3-8(5-10)14(20,21)22/h1-6,23H. The van der Waals surface area contributed by atoms with Gasteiger partial charge >= 0.3 is 12.4 Å². The lowest BCUT2D eigenvalue weighted by Gasteiger charge is -2.15. The molecule has 160 valence electrons. The number of benzene rings is 2. The van der Waals surface area contributed by atoms with E-state index in [1.165, 1.54) is 0 Å². The highest BCUT2D eigenvalue weighted by molar-refractivity contribution is 8.04. The van der Waals surface area contributed by atoms with E-state index >= 15 is 0 Å². The van der Waals surface area contributed by atoms with E-state index in [0.29, 0.717) is 12.1 Å². The molecule has 0 aliphatic rings. The van der Waals surface area contributed by atoms with Gasteiger partial charge in [0.25, 0.3) is 20.0 Å². The zero-order valence-electron chi connectivity index (χ0n) is 13.4. The molecule has 0 aliphatic heterocycles. The second kappa shape index (κ2) is 7.21. The summed E-state index contributed by atoms with van der Waals surface area (Å²) in [5.74, 6) is -2.92. The van der Waals surface area contributed by atoms with Crippen molar-refractivity contribution < 1.29 is 52.0 Å². The molecule has 0 saturated heterocycles. The number of rotatable bonds is 4. The third kappa shape index (κ3) is 5.22. The van der Waals surface area contributed by atoms with Crippen LogP contribution in [0.3, 0.4) is 0 Å². The largest absolute Gasteiger partial charge is 0.416 e. The van der Waals surface area contributed by atoms with Crippen LogP contribution in [0, 0.1) is 11.6 Å². The molecule has 0 heterocycles. The summed E-state index contributed by atoms with van der Waals surface area (Å²) >= 11 is 0. The van der Waals surface area contributed by atoms with Crippen molar-refractivity contribution in [3.05, 3.63) is 59.2 Å². The van der Waals surface area contributed by atoms with Crippen LogP contribution in [0.4, 0.5) is 35.1 Å². The number of alkyl halides is 6. The SMILES string of the molecule is O=S(=O)(NS(=O)(=O)c1cc(F)ccc1F)c1cc(C(F)(F)F)cc(C(F)(F)F)c1. The maximum atomic E-state index is 13.6. The average molecular weight is 469 g/mol. The minimum Gasteiger partial charge on any atom is -0.207 e. The molecule has 0 fully saturated rings. The third-order valence-corrected chi connectivity index (χ3v) is 6.78. The van der Waals surface area contributed by atoms with Crippen LogP contribution in [-0.2, 0) is 32.4 Å². The first-order valence-electron chi connectivity index (χ1n) is 6.97. The van der Waals surface area contributed by atoms with E-state index < -0.39 is 65.0 Å². The van der Waals surface area contributed by atoms with Crippen molar-refractivity contribution in [3.8, 4) is 0 Å². The van der Waals surface area contributed by atoms with Crippen molar-refractivity contribution in [2.75, 3.05) is 0 Å². The molecule has 2 rings (SSSR count). The Morgan fingerprint density at radius 3 is 1.62 bits per heavy atom. The molecular weight excluding hydrogens is 462 g/mol. The lowest BCUT2D eigenvalue weighted by Crippen LogP contribution is -2.32. The van der Waals surface area contributed by atoms with Gasteiger partial charge in [-0.1, -0.05) is 0 Å². The minimum absolute atomic E-state index is 0.0699. The van der Waals surface area contributed by atoms with Crippen LogP contribution in [0.15, 0.2) is 46.2 Å². The summed E-state index contributed by atoms with van der Waals surface area (Å²) in [6, 6.07) is 0.0259. The molecule has 5 nitrogen and oxygen atoms in total. The summed E-state index contributed by atoms with van der Waals surface area (Å²) in [5.41, 5.74) is -4.05. The van der Waals surface area contributed by atoms with Gasteiger partial charge in [0, 0.05) is 0 Å². The molecule has 29 heavy (non-hydrogen) atoms. The quantitative estimate of drug-likeness (QED) is 0.694.